The van der Waals surface area contributed by atoms with Crippen molar-refractivity contribution >= 4 is 44.7 Å². The van der Waals surface area contributed by atoms with E-state index in [0.717, 1.165) is 34.4 Å². The number of thiophene rings is 1. The molecule has 28 heavy (non-hydrogen) atoms. The summed E-state index contributed by atoms with van der Waals surface area (Å²) in [6.07, 6.45) is 7.98. The lowest BCUT2D eigenvalue weighted by Crippen LogP contribution is -2.02. The zero-order valence-corrected chi connectivity index (χ0v) is 16.4. The number of anilines is 2. The van der Waals surface area contributed by atoms with E-state index in [1.54, 1.807) is 35.9 Å². The molecule has 3 heterocycles. The molecular weight excluding hydrogens is 395 g/mol. The van der Waals surface area contributed by atoms with Crippen LogP contribution >= 0.6 is 22.9 Å². The highest BCUT2D eigenvalue weighted by molar-refractivity contribution is 7.19. The van der Waals surface area contributed by atoms with E-state index in [0.29, 0.717) is 11.5 Å². The minimum atomic E-state index is -0.441. The van der Waals surface area contributed by atoms with Crippen LogP contribution in [0.4, 0.5) is 15.9 Å². The number of pyridine rings is 1. The molecule has 140 valence electrons. The van der Waals surface area contributed by atoms with Crippen molar-refractivity contribution in [2.24, 2.45) is 0 Å². The summed E-state index contributed by atoms with van der Waals surface area (Å²) in [5.41, 5.74) is 2.88. The zero-order chi connectivity index (χ0) is 19.1. The second-order valence-corrected chi connectivity index (χ2v) is 8.27. The van der Waals surface area contributed by atoms with Crippen molar-refractivity contribution < 1.29 is 4.39 Å². The van der Waals surface area contributed by atoms with E-state index in [1.807, 2.05) is 12.1 Å². The molecule has 0 atom stereocenters. The first-order chi connectivity index (χ1) is 13.7. The molecule has 1 aliphatic carbocycles. The average Bonchev–Trinajstić information content (AvgIpc) is 3.10. The van der Waals surface area contributed by atoms with Crippen LogP contribution in [0.25, 0.3) is 21.6 Å². The highest BCUT2D eigenvalue weighted by Crippen LogP contribution is 2.40. The molecule has 1 N–H and O–H groups in total. The van der Waals surface area contributed by atoms with Gasteiger partial charge in [0.15, 0.2) is 5.82 Å². The number of nitrogens with zero attached hydrogens (tertiary/aromatic N) is 3. The first-order valence-electron chi connectivity index (χ1n) is 9.14. The van der Waals surface area contributed by atoms with Crippen molar-refractivity contribution in [3.8, 4) is 11.4 Å². The van der Waals surface area contributed by atoms with Gasteiger partial charge in [-0.05, 0) is 61.6 Å². The Labute approximate surface area is 170 Å². The summed E-state index contributed by atoms with van der Waals surface area (Å²) >= 11 is 7.71. The average molecular weight is 411 g/mol. The summed E-state index contributed by atoms with van der Waals surface area (Å²) in [5.74, 6) is 0.907. The molecule has 5 rings (SSSR count). The molecule has 4 nitrogen and oxygen atoms in total. The van der Waals surface area contributed by atoms with Crippen LogP contribution in [0.5, 0.6) is 0 Å². The Kier molecular flexibility index (Phi) is 4.45. The molecule has 1 aromatic carbocycles. The molecule has 0 unspecified atom stereocenters. The summed E-state index contributed by atoms with van der Waals surface area (Å²) in [6.45, 7) is 0. The molecule has 0 amide bonds. The maximum Gasteiger partial charge on any atom is 0.164 e. The van der Waals surface area contributed by atoms with Crippen LogP contribution in [-0.2, 0) is 12.8 Å². The van der Waals surface area contributed by atoms with E-state index in [-0.39, 0.29) is 5.02 Å². The Morgan fingerprint density at radius 3 is 2.82 bits per heavy atom. The molecule has 7 heteroatoms. The van der Waals surface area contributed by atoms with Crippen LogP contribution in [0.3, 0.4) is 0 Å². The lowest BCUT2D eigenvalue weighted by Gasteiger charge is -2.13. The number of halogens is 2. The smallest absolute Gasteiger partial charge is 0.164 e. The van der Waals surface area contributed by atoms with Gasteiger partial charge in [-0.15, -0.1) is 11.3 Å². The van der Waals surface area contributed by atoms with Crippen molar-refractivity contribution in [1.82, 2.24) is 15.0 Å². The van der Waals surface area contributed by atoms with Gasteiger partial charge in [0, 0.05) is 28.5 Å². The van der Waals surface area contributed by atoms with Crippen molar-refractivity contribution in [1.29, 1.82) is 0 Å². The van der Waals surface area contributed by atoms with E-state index < -0.39 is 5.82 Å². The third-order valence-electron chi connectivity index (χ3n) is 4.92. The highest BCUT2D eigenvalue weighted by Gasteiger charge is 2.22. The predicted molar refractivity (Wildman–Crippen MR) is 112 cm³/mol. The van der Waals surface area contributed by atoms with Crippen molar-refractivity contribution in [2.75, 3.05) is 5.32 Å². The van der Waals surface area contributed by atoms with Crippen LogP contribution < -0.4 is 5.32 Å². The van der Waals surface area contributed by atoms with E-state index >= 15 is 0 Å². The van der Waals surface area contributed by atoms with Crippen molar-refractivity contribution in [3.05, 3.63) is 64.0 Å². The van der Waals surface area contributed by atoms with Gasteiger partial charge in [0.1, 0.15) is 16.5 Å². The number of fused-ring (bicyclic) bond motifs is 3. The topological polar surface area (TPSA) is 50.7 Å². The molecule has 1 aliphatic rings. The van der Waals surface area contributed by atoms with Crippen molar-refractivity contribution in [2.45, 2.75) is 25.7 Å². The van der Waals surface area contributed by atoms with Gasteiger partial charge in [-0.3, -0.25) is 4.98 Å². The maximum atomic E-state index is 13.6. The summed E-state index contributed by atoms with van der Waals surface area (Å²) in [7, 11) is 0. The molecular formula is C21H16ClFN4S. The number of benzene rings is 1. The summed E-state index contributed by atoms with van der Waals surface area (Å²) < 4.78 is 13.6. The van der Waals surface area contributed by atoms with Crippen LogP contribution in [0.15, 0.2) is 42.7 Å². The van der Waals surface area contributed by atoms with Gasteiger partial charge in [-0.1, -0.05) is 11.6 Å². The molecule has 0 saturated heterocycles. The highest BCUT2D eigenvalue weighted by atomic mass is 35.5. The second kappa shape index (κ2) is 7.11. The normalized spacial score (nSPS) is 13.5. The molecule has 0 saturated carbocycles. The second-order valence-electron chi connectivity index (χ2n) is 6.78. The number of hydrogen-bond acceptors (Lipinski definition) is 5. The SMILES string of the molecule is Fc1ccc(Nc2nc(-c3cccnc3)nc3sc4c(c23)CCCC4)cc1Cl. The third-order valence-corrected chi connectivity index (χ3v) is 6.39. The summed E-state index contributed by atoms with van der Waals surface area (Å²) in [4.78, 5) is 16.2. The summed E-state index contributed by atoms with van der Waals surface area (Å²) in [6, 6.07) is 8.41. The first kappa shape index (κ1) is 17.5. The Balaban J connectivity index is 1.69. The molecule has 0 fully saturated rings. The molecule has 0 spiro atoms. The van der Waals surface area contributed by atoms with Crippen LogP contribution in [-0.4, -0.2) is 15.0 Å². The fourth-order valence-electron chi connectivity index (χ4n) is 3.58. The van der Waals surface area contributed by atoms with Gasteiger partial charge < -0.3 is 5.32 Å². The predicted octanol–water partition coefficient (Wildman–Crippen LogP) is 6.17. The first-order valence-corrected chi connectivity index (χ1v) is 10.3. The van der Waals surface area contributed by atoms with E-state index in [2.05, 4.69) is 10.3 Å². The minimum Gasteiger partial charge on any atom is -0.340 e. The van der Waals surface area contributed by atoms with Crippen LogP contribution in [0.2, 0.25) is 5.02 Å². The van der Waals surface area contributed by atoms with Gasteiger partial charge >= 0.3 is 0 Å². The lowest BCUT2D eigenvalue weighted by molar-refractivity contribution is 0.628. The monoisotopic (exact) mass is 410 g/mol. The Morgan fingerprint density at radius 1 is 1.11 bits per heavy atom. The van der Waals surface area contributed by atoms with E-state index in [4.69, 9.17) is 21.6 Å². The largest absolute Gasteiger partial charge is 0.340 e. The van der Waals surface area contributed by atoms with E-state index in [9.17, 15) is 4.39 Å². The lowest BCUT2D eigenvalue weighted by atomic mass is 9.97. The van der Waals surface area contributed by atoms with Crippen LogP contribution in [0.1, 0.15) is 23.3 Å². The van der Waals surface area contributed by atoms with E-state index in [1.165, 1.54) is 29.3 Å². The minimum absolute atomic E-state index is 0.0788. The van der Waals surface area contributed by atoms with Gasteiger partial charge in [-0.2, -0.15) is 0 Å². The van der Waals surface area contributed by atoms with Crippen LogP contribution in [0, 0.1) is 5.82 Å². The molecule has 3 aromatic heterocycles. The Morgan fingerprint density at radius 2 is 2.00 bits per heavy atom. The number of aryl methyl sites for hydroxylation is 2. The quantitative estimate of drug-likeness (QED) is 0.439. The standard InChI is InChI=1S/C21H16ClFN4S/c22-15-10-13(7-8-16(15)23)25-20-18-14-5-1-2-6-17(14)28-21(18)27-19(26-20)12-4-3-9-24-11-12/h3-4,7-11H,1-2,5-6H2,(H,25,26,27). The van der Waals surface area contributed by atoms with Gasteiger partial charge in [0.2, 0.25) is 0 Å². The molecule has 0 aliphatic heterocycles. The number of nitrogens with one attached hydrogen (secondary N) is 1. The van der Waals surface area contributed by atoms with Gasteiger partial charge in [0.05, 0.1) is 10.4 Å². The maximum absolute atomic E-state index is 13.6. The fourth-order valence-corrected chi connectivity index (χ4v) is 5.02. The molecule has 4 aromatic rings. The molecule has 0 radical (unpaired) electrons. The van der Waals surface area contributed by atoms with Gasteiger partial charge in [0.25, 0.3) is 0 Å². The van der Waals surface area contributed by atoms with Gasteiger partial charge in [-0.25, -0.2) is 14.4 Å². The Bertz CT molecular complexity index is 1180. The number of rotatable bonds is 3. The molecule has 0 bridgehead atoms. The summed E-state index contributed by atoms with van der Waals surface area (Å²) in [5, 5.41) is 4.49. The fraction of sp³-hybridized carbons (Fsp3) is 0.190. The Hall–Kier alpha value is -2.57. The zero-order valence-electron chi connectivity index (χ0n) is 14.9. The third kappa shape index (κ3) is 3.12. The number of hydrogen-bond donors (Lipinski definition) is 1. The van der Waals surface area contributed by atoms with Crippen molar-refractivity contribution in [3.63, 3.8) is 0 Å². The number of aromatic nitrogens is 3.